The molecule has 2 unspecified atom stereocenters. The topological polar surface area (TPSA) is 32.3 Å². The van der Waals surface area contributed by atoms with E-state index in [4.69, 9.17) is 0 Å². The van der Waals surface area contributed by atoms with E-state index >= 15 is 0 Å². The second-order valence-corrected chi connectivity index (χ2v) is 6.96. The van der Waals surface area contributed by atoms with Gasteiger partial charge in [-0.15, -0.1) is 0 Å². The fourth-order valence-corrected chi connectivity index (χ4v) is 3.71. The van der Waals surface area contributed by atoms with Gasteiger partial charge in [0.15, 0.2) is 0 Å². The fraction of sp³-hybridized carbons (Fsp3) is 0.938. The molecule has 2 heterocycles. The lowest BCUT2D eigenvalue weighted by Gasteiger charge is -2.38. The fourth-order valence-electron chi connectivity index (χ4n) is 3.71. The van der Waals surface area contributed by atoms with Crippen molar-refractivity contribution in [3.8, 4) is 0 Å². The molecule has 110 valence electrons. The van der Waals surface area contributed by atoms with E-state index in [1.165, 1.54) is 32.1 Å². The zero-order valence-electron chi connectivity index (χ0n) is 12.9. The quantitative estimate of drug-likeness (QED) is 0.848. The Kier molecular flexibility index (Phi) is 4.88. The first kappa shape index (κ1) is 14.8. The van der Waals surface area contributed by atoms with Crippen molar-refractivity contribution in [3.05, 3.63) is 0 Å². The predicted octanol–water partition coefficient (Wildman–Crippen LogP) is 2.66. The summed E-state index contributed by atoms with van der Waals surface area (Å²) in [5, 5.41) is 3.44. The number of hydrogen-bond donors (Lipinski definition) is 1. The van der Waals surface area contributed by atoms with Crippen LogP contribution < -0.4 is 5.32 Å². The molecule has 2 atom stereocenters. The molecule has 0 aliphatic carbocycles. The number of piperidine rings is 1. The number of nitrogens with zero attached hydrogens (tertiary/aromatic N) is 1. The van der Waals surface area contributed by atoms with Gasteiger partial charge in [0.2, 0.25) is 5.91 Å². The number of carbonyl (C=O) groups is 1. The van der Waals surface area contributed by atoms with E-state index in [2.05, 4.69) is 31.0 Å². The molecule has 1 N–H and O–H groups in total. The standard InChI is InChI=1S/C16H30N2O/c1-4-6-13-8-10-18(12-13)15(19)16(2,3)14-7-5-9-17-11-14/h13-14,17H,4-12H2,1-3H3. The lowest BCUT2D eigenvalue weighted by molar-refractivity contribution is -0.142. The van der Waals surface area contributed by atoms with Crippen molar-refractivity contribution in [1.82, 2.24) is 10.2 Å². The Labute approximate surface area is 118 Å². The molecule has 0 saturated carbocycles. The van der Waals surface area contributed by atoms with Crippen molar-refractivity contribution in [2.75, 3.05) is 26.2 Å². The van der Waals surface area contributed by atoms with Crippen LogP contribution in [0.1, 0.15) is 52.9 Å². The van der Waals surface area contributed by atoms with Crippen molar-refractivity contribution in [2.24, 2.45) is 17.3 Å². The molecular formula is C16H30N2O. The van der Waals surface area contributed by atoms with E-state index in [1.54, 1.807) is 0 Å². The van der Waals surface area contributed by atoms with Gasteiger partial charge in [-0.3, -0.25) is 4.79 Å². The van der Waals surface area contributed by atoms with Crippen molar-refractivity contribution in [1.29, 1.82) is 0 Å². The minimum atomic E-state index is -0.200. The Balaban J connectivity index is 1.94. The molecule has 2 saturated heterocycles. The Bertz CT molecular complexity index is 308. The van der Waals surface area contributed by atoms with E-state index < -0.39 is 0 Å². The van der Waals surface area contributed by atoms with Crippen molar-refractivity contribution >= 4 is 5.91 Å². The van der Waals surface area contributed by atoms with Gasteiger partial charge < -0.3 is 10.2 Å². The van der Waals surface area contributed by atoms with Gasteiger partial charge in [0, 0.05) is 18.5 Å². The van der Waals surface area contributed by atoms with E-state index in [-0.39, 0.29) is 5.41 Å². The molecule has 0 radical (unpaired) electrons. The van der Waals surface area contributed by atoms with Crippen LogP contribution in [-0.4, -0.2) is 37.0 Å². The molecule has 2 aliphatic rings. The molecule has 1 amide bonds. The molecule has 2 aliphatic heterocycles. The summed E-state index contributed by atoms with van der Waals surface area (Å²) in [7, 11) is 0. The summed E-state index contributed by atoms with van der Waals surface area (Å²) in [4.78, 5) is 14.9. The van der Waals surface area contributed by atoms with Crippen LogP contribution in [0.4, 0.5) is 0 Å². The third-order valence-corrected chi connectivity index (χ3v) is 5.14. The summed E-state index contributed by atoms with van der Waals surface area (Å²) in [5.41, 5.74) is -0.200. The second-order valence-electron chi connectivity index (χ2n) is 6.96. The molecule has 19 heavy (non-hydrogen) atoms. The smallest absolute Gasteiger partial charge is 0.228 e. The average Bonchev–Trinajstić information content (AvgIpc) is 2.88. The minimum absolute atomic E-state index is 0.200. The maximum Gasteiger partial charge on any atom is 0.228 e. The van der Waals surface area contributed by atoms with Gasteiger partial charge >= 0.3 is 0 Å². The Morgan fingerprint density at radius 3 is 2.79 bits per heavy atom. The normalized spacial score (nSPS) is 28.7. The zero-order valence-corrected chi connectivity index (χ0v) is 12.9. The first-order valence-corrected chi connectivity index (χ1v) is 8.05. The highest BCUT2D eigenvalue weighted by Crippen LogP contribution is 2.35. The van der Waals surface area contributed by atoms with Gasteiger partial charge in [0.25, 0.3) is 0 Å². The largest absolute Gasteiger partial charge is 0.342 e. The summed E-state index contributed by atoms with van der Waals surface area (Å²) in [6.07, 6.45) is 6.12. The minimum Gasteiger partial charge on any atom is -0.342 e. The van der Waals surface area contributed by atoms with E-state index in [9.17, 15) is 4.79 Å². The lowest BCUT2D eigenvalue weighted by Crippen LogP contribution is -2.48. The summed E-state index contributed by atoms with van der Waals surface area (Å²) in [6.45, 7) is 10.6. The first-order valence-electron chi connectivity index (χ1n) is 8.05. The maximum absolute atomic E-state index is 12.8. The van der Waals surface area contributed by atoms with Crippen molar-refractivity contribution in [2.45, 2.75) is 52.9 Å². The molecule has 0 bridgehead atoms. The maximum atomic E-state index is 12.8. The molecule has 3 nitrogen and oxygen atoms in total. The Hall–Kier alpha value is -0.570. The van der Waals surface area contributed by atoms with Crippen LogP contribution in [0.15, 0.2) is 0 Å². The summed E-state index contributed by atoms with van der Waals surface area (Å²) in [5.74, 6) is 1.63. The Morgan fingerprint density at radius 2 is 2.16 bits per heavy atom. The van der Waals surface area contributed by atoms with Gasteiger partial charge in [-0.05, 0) is 50.6 Å². The molecule has 0 spiro atoms. The van der Waals surface area contributed by atoms with E-state index in [1.807, 2.05) is 0 Å². The average molecular weight is 266 g/mol. The number of hydrogen-bond acceptors (Lipinski definition) is 2. The third kappa shape index (κ3) is 3.31. The number of amides is 1. The Morgan fingerprint density at radius 1 is 1.37 bits per heavy atom. The van der Waals surface area contributed by atoms with Crippen LogP contribution in [0, 0.1) is 17.3 Å². The van der Waals surface area contributed by atoms with Crippen LogP contribution in [0.3, 0.4) is 0 Å². The van der Waals surface area contributed by atoms with Gasteiger partial charge in [0.1, 0.15) is 0 Å². The summed E-state index contributed by atoms with van der Waals surface area (Å²) < 4.78 is 0. The van der Waals surface area contributed by atoms with Crippen LogP contribution >= 0.6 is 0 Å². The highest BCUT2D eigenvalue weighted by atomic mass is 16.2. The molecule has 0 aromatic heterocycles. The van der Waals surface area contributed by atoms with E-state index in [0.717, 1.165) is 32.1 Å². The third-order valence-electron chi connectivity index (χ3n) is 5.14. The second kappa shape index (κ2) is 6.25. The molecule has 3 heteroatoms. The van der Waals surface area contributed by atoms with Gasteiger partial charge in [-0.25, -0.2) is 0 Å². The predicted molar refractivity (Wildman–Crippen MR) is 79.0 cm³/mol. The van der Waals surface area contributed by atoms with Crippen LogP contribution in [0.5, 0.6) is 0 Å². The van der Waals surface area contributed by atoms with E-state index in [0.29, 0.717) is 11.8 Å². The number of likely N-dealkylation sites (tertiary alicyclic amines) is 1. The zero-order chi connectivity index (χ0) is 13.9. The highest BCUT2D eigenvalue weighted by Gasteiger charge is 2.41. The SMILES string of the molecule is CCCC1CCN(C(=O)C(C)(C)C2CCCNC2)C1. The lowest BCUT2D eigenvalue weighted by atomic mass is 9.74. The van der Waals surface area contributed by atoms with Gasteiger partial charge in [0.05, 0.1) is 0 Å². The first-order chi connectivity index (χ1) is 9.05. The monoisotopic (exact) mass is 266 g/mol. The number of rotatable bonds is 4. The van der Waals surface area contributed by atoms with Crippen LogP contribution in [0.25, 0.3) is 0 Å². The van der Waals surface area contributed by atoms with Gasteiger partial charge in [-0.1, -0.05) is 27.2 Å². The number of nitrogens with one attached hydrogen (secondary N) is 1. The molecule has 2 rings (SSSR count). The summed E-state index contributed by atoms with van der Waals surface area (Å²) in [6, 6.07) is 0. The highest BCUT2D eigenvalue weighted by molar-refractivity contribution is 5.82. The molecule has 0 aromatic rings. The molecule has 0 aromatic carbocycles. The number of carbonyl (C=O) groups excluding carboxylic acids is 1. The van der Waals surface area contributed by atoms with Gasteiger partial charge in [-0.2, -0.15) is 0 Å². The van der Waals surface area contributed by atoms with Crippen molar-refractivity contribution in [3.63, 3.8) is 0 Å². The summed E-state index contributed by atoms with van der Waals surface area (Å²) >= 11 is 0. The van der Waals surface area contributed by atoms with Crippen molar-refractivity contribution < 1.29 is 4.79 Å². The van der Waals surface area contributed by atoms with Crippen LogP contribution in [0.2, 0.25) is 0 Å². The molecular weight excluding hydrogens is 236 g/mol. The van der Waals surface area contributed by atoms with Crippen LogP contribution in [-0.2, 0) is 4.79 Å². The molecule has 2 fully saturated rings.